The standard InChI is InChI=1S/C25H28N4O7S/c1-4-28(14-13-26-37(3,34)35)19-11-9-17(10-12-19)15-21-22(25(33)36-5-2)27-29(23(21)30)20-8-6-7-18(16-20)24(31)32/h6-12,15-16,26H,4-5,13-14H2,1-3H3,(H,31,32)/b21-15-. The maximum atomic E-state index is 13.3. The number of nitrogens with zero attached hydrogens (tertiary/aromatic N) is 3. The Morgan fingerprint density at radius 2 is 1.86 bits per heavy atom. The van der Waals surface area contributed by atoms with Gasteiger partial charge in [-0.05, 0) is 55.8 Å². The van der Waals surface area contributed by atoms with Gasteiger partial charge in [-0.3, -0.25) is 4.79 Å². The number of aromatic carboxylic acids is 1. The highest BCUT2D eigenvalue weighted by molar-refractivity contribution is 7.88. The van der Waals surface area contributed by atoms with E-state index in [1.54, 1.807) is 19.1 Å². The van der Waals surface area contributed by atoms with Crippen molar-refractivity contribution in [3.05, 3.63) is 65.2 Å². The Morgan fingerprint density at radius 3 is 2.46 bits per heavy atom. The number of esters is 1. The van der Waals surface area contributed by atoms with Crippen LogP contribution in [0.15, 0.2) is 59.2 Å². The Bertz CT molecular complexity index is 1350. The molecule has 0 fully saturated rings. The number of hydrazone groups is 1. The van der Waals surface area contributed by atoms with E-state index < -0.39 is 27.9 Å². The number of nitrogens with one attached hydrogen (secondary N) is 1. The van der Waals surface area contributed by atoms with E-state index in [1.165, 1.54) is 30.3 Å². The van der Waals surface area contributed by atoms with Gasteiger partial charge in [-0.25, -0.2) is 22.7 Å². The van der Waals surface area contributed by atoms with Gasteiger partial charge in [0.25, 0.3) is 5.91 Å². The van der Waals surface area contributed by atoms with Crippen molar-refractivity contribution in [2.75, 3.05) is 42.4 Å². The molecule has 1 heterocycles. The lowest BCUT2D eigenvalue weighted by Gasteiger charge is -2.23. The normalized spacial score (nSPS) is 14.6. The van der Waals surface area contributed by atoms with Crippen molar-refractivity contribution in [3.63, 3.8) is 0 Å². The van der Waals surface area contributed by atoms with Gasteiger partial charge in [0.2, 0.25) is 10.0 Å². The minimum Gasteiger partial charge on any atom is -0.478 e. The van der Waals surface area contributed by atoms with Crippen LogP contribution < -0.4 is 14.6 Å². The number of rotatable bonds is 11. The molecule has 0 spiro atoms. The van der Waals surface area contributed by atoms with E-state index in [0.29, 0.717) is 18.7 Å². The summed E-state index contributed by atoms with van der Waals surface area (Å²) in [7, 11) is -3.28. The van der Waals surface area contributed by atoms with E-state index in [-0.39, 0.29) is 35.7 Å². The van der Waals surface area contributed by atoms with E-state index in [1.807, 2.05) is 24.0 Å². The number of carbonyl (C=O) groups is 3. The van der Waals surface area contributed by atoms with Gasteiger partial charge in [0.05, 0.1) is 29.7 Å². The number of carbonyl (C=O) groups excluding carboxylic acids is 2. The zero-order valence-corrected chi connectivity index (χ0v) is 21.5. The molecule has 196 valence electrons. The molecule has 0 aliphatic carbocycles. The fourth-order valence-corrected chi connectivity index (χ4v) is 4.09. The summed E-state index contributed by atoms with van der Waals surface area (Å²) in [6.45, 7) is 5.04. The summed E-state index contributed by atoms with van der Waals surface area (Å²) in [6.07, 6.45) is 2.62. The molecule has 0 saturated carbocycles. The molecule has 11 nitrogen and oxygen atoms in total. The Hall–Kier alpha value is -4.03. The number of likely N-dealkylation sites (N-methyl/N-ethyl adjacent to an activating group) is 1. The Labute approximate surface area is 215 Å². The van der Waals surface area contributed by atoms with E-state index in [4.69, 9.17) is 4.74 Å². The van der Waals surface area contributed by atoms with Crippen LogP contribution in [0.2, 0.25) is 0 Å². The first kappa shape index (κ1) is 27.6. The molecule has 37 heavy (non-hydrogen) atoms. The number of amides is 1. The number of sulfonamides is 1. The first-order chi connectivity index (χ1) is 17.5. The summed E-state index contributed by atoms with van der Waals surface area (Å²) in [4.78, 5) is 39.2. The van der Waals surface area contributed by atoms with Gasteiger partial charge in [-0.2, -0.15) is 10.1 Å². The Kier molecular flexibility index (Phi) is 8.79. The molecule has 12 heteroatoms. The van der Waals surface area contributed by atoms with E-state index in [9.17, 15) is 27.9 Å². The predicted octanol–water partition coefficient (Wildman–Crippen LogP) is 2.11. The molecular weight excluding hydrogens is 500 g/mol. The lowest BCUT2D eigenvalue weighted by molar-refractivity contribution is -0.135. The third kappa shape index (κ3) is 7.02. The van der Waals surface area contributed by atoms with Crippen molar-refractivity contribution in [1.82, 2.24) is 4.72 Å². The van der Waals surface area contributed by atoms with Gasteiger partial charge in [-0.15, -0.1) is 0 Å². The number of hydrogen-bond acceptors (Lipinski definition) is 8. The van der Waals surface area contributed by atoms with Crippen molar-refractivity contribution in [1.29, 1.82) is 0 Å². The lowest BCUT2D eigenvalue weighted by atomic mass is 10.1. The molecular formula is C25H28N4O7S. The highest BCUT2D eigenvalue weighted by Gasteiger charge is 2.36. The summed E-state index contributed by atoms with van der Waals surface area (Å²) in [5, 5.41) is 14.4. The van der Waals surface area contributed by atoms with Crippen LogP contribution in [0.5, 0.6) is 0 Å². The van der Waals surface area contributed by atoms with Crippen molar-refractivity contribution >= 4 is 51.0 Å². The van der Waals surface area contributed by atoms with Gasteiger partial charge >= 0.3 is 11.9 Å². The minimum absolute atomic E-state index is 0.0108. The summed E-state index contributed by atoms with van der Waals surface area (Å²) in [5.41, 5.74) is 1.47. The average molecular weight is 529 g/mol. The third-order valence-corrected chi connectivity index (χ3v) is 6.11. The Balaban J connectivity index is 1.89. The van der Waals surface area contributed by atoms with Crippen LogP contribution in [-0.4, -0.2) is 69.6 Å². The second-order valence-corrected chi connectivity index (χ2v) is 9.87. The second-order valence-electron chi connectivity index (χ2n) is 8.04. The first-order valence-corrected chi connectivity index (χ1v) is 13.4. The number of benzene rings is 2. The summed E-state index contributed by atoms with van der Waals surface area (Å²) in [5.74, 6) is -2.53. The maximum Gasteiger partial charge on any atom is 0.359 e. The predicted molar refractivity (Wildman–Crippen MR) is 140 cm³/mol. The smallest absolute Gasteiger partial charge is 0.359 e. The monoisotopic (exact) mass is 528 g/mol. The molecule has 3 rings (SSSR count). The fraction of sp³-hybridized carbons (Fsp3) is 0.280. The summed E-state index contributed by atoms with van der Waals surface area (Å²) < 4.78 is 30.2. The molecule has 1 amide bonds. The van der Waals surface area contributed by atoms with Gasteiger partial charge in [0.1, 0.15) is 0 Å². The van der Waals surface area contributed by atoms with Gasteiger partial charge < -0.3 is 14.7 Å². The zero-order valence-electron chi connectivity index (χ0n) is 20.7. The Morgan fingerprint density at radius 1 is 1.16 bits per heavy atom. The molecule has 0 radical (unpaired) electrons. The van der Waals surface area contributed by atoms with Crippen LogP contribution in [0.1, 0.15) is 29.8 Å². The minimum atomic E-state index is -3.28. The molecule has 2 N–H and O–H groups in total. The number of ether oxygens (including phenoxy) is 1. The molecule has 0 bridgehead atoms. The SMILES string of the molecule is CCOC(=O)C1=NN(c2cccc(C(=O)O)c2)C(=O)/C1=C\c1ccc(N(CC)CCNS(C)(=O)=O)cc1. The average Bonchev–Trinajstić information content (AvgIpc) is 3.18. The van der Waals surface area contributed by atoms with Crippen molar-refractivity contribution < 1.29 is 32.6 Å². The molecule has 0 atom stereocenters. The zero-order chi connectivity index (χ0) is 27.2. The van der Waals surface area contributed by atoms with Crippen LogP contribution in [-0.2, 0) is 24.3 Å². The quantitative estimate of drug-likeness (QED) is 0.333. The maximum absolute atomic E-state index is 13.3. The van der Waals surface area contributed by atoms with E-state index in [0.717, 1.165) is 17.0 Å². The molecule has 0 aromatic heterocycles. The fourth-order valence-electron chi connectivity index (χ4n) is 3.62. The van der Waals surface area contributed by atoms with Crippen LogP contribution in [0.3, 0.4) is 0 Å². The van der Waals surface area contributed by atoms with Crippen LogP contribution in [0.4, 0.5) is 11.4 Å². The first-order valence-electron chi connectivity index (χ1n) is 11.5. The van der Waals surface area contributed by atoms with Gasteiger partial charge in [-0.1, -0.05) is 18.2 Å². The molecule has 2 aromatic carbocycles. The molecule has 2 aromatic rings. The number of anilines is 2. The van der Waals surface area contributed by atoms with E-state index in [2.05, 4.69) is 9.82 Å². The van der Waals surface area contributed by atoms with Crippen LogP contribution >= 0.6 is 0 Å². The second kappa shape index (κ2) is 11.8. The summed E-state index contributed by atoms with van der Waals surface area (Å²) >= 11 is 0. The molecule has 1 aliphatic rings. The van der Waals surface area contributed by atoms with Crippen LogP contribution in [0, 0.1) is 0 Å². The van der Waals surface area contributed by atoms with Gasteiger partial charge in [0.15, 0.2) is 5.71 Å². The number of hydrogen-bond donors (Lipinski definition) is 2. The third-order valence-electron chi connectivity index (χ3n) is 5.38. The van der Waals surface area contributed by atoms with Gasteiger partial charge in [0, 0.05) is 25.3 Å². The molecule has 1 aliphatic heterocycles. The molecule has 0 saturated heterocycles. The largest absolute Gasteiger partial charge is 0.478 e. The topological polar surface area (TPSA) is 146 Å². The van der Waals surface area contributed by atoms with Crippen molar-refractivity contribution in [2.24, 2.45) is 5.10 Å². The number of carboxylic acid groups (broad SMARTS) is 1. The lowest BCUT2D eigenvalue weighted by Crippen LogP contribution is -2.34. The van der Waals surface area contributed by atoms with Crippen molar-refractivity contribution in [3.8, 4) is 0 Å². The molecule has 0 unspecified atom stereocenters. The van der Waals surface area contributed by atoms with E-state index >= 15 is 0 Å². The van der Waals surface area contributed by atoms with Crippen molar-refractivity contribution in [2.45, 2.75) is 13.8 Å². The number of carboxylic acids is 1. The highest BCUT2D eigenvalue weighted by atomic mass is 32.2. The van der Waals surface area contributed by atoms with Crippen LogP contribution in [0.25, 0.3) is 6.08 Å². The highest BCUT2D eigenvalue weighted by Crippen LogP contribution is 2.27. The summed E-state index contributed by atoms with van der Waals surface area (Å²) in [6, 6.07) is 12.9.